The Balaban J connectivity index is 2.18. The van der Waals surface area contributed by atoms with Crippen molar-refractivity contribution in [1.82, 2.24) is 14.6 Å². The van der Waals surface area contributed by atoms with E-state index in [4.69, 9.17) is 4.42 Å². The van der Waals surface area contributed by atoms with E-state index in [-0.39, 0.29) is 0 Å². The Hall–Kier alpha value is -1.62. The SMILES string of the molecule is Cc1ccc(-c2nc3cc(Br)ccn3n2)o1. The van der Waals surface area contributed by atoms with Crippen LogP contribution in [-0.4, -0.2) is 14.6 Å². The van der Waals surface area contributed by atoms with Crippen LogP contribution in [0.25, 0.3) is 17.2 Å². The molecule has 80 valence electrons. The minimum atomic E-state index is 0.603. The summed E-state index contributed by atoms with van der Waals surface area (Å²) in [5, 5.41) is 4.33. The maximum absolute atomic E-state index is 5.48. The lowest BCUT2D eigenvalue weighted by molar-refractivity contribution is 0.544. The van der Waals surface area contributed by atoms with Crippen LogP contribution in [0.4, 0.5) is 0 Å². The molecule has 0 aliphatic heterocycles. The zero-order valence-corrected chi connectivity index (χ0v) is 10.1. The number of pyridine rings is 1. The molecule has 0 radical (unpaired) electrons. The first-order valence-corrected chi connectivity index (χ1v) is 5.60. The molecule has 0 fully saturated rings. The van der Waals surface area contributed by atoms with Gasteiger partial charge < -0.3 is 4.42 Å². The van der Waals surface area contributed by atoms with Crippen molar-refractivity contribution in [3.05, 3.63) is 40.7 Å². The Labute approximate surface area is 100 Å². The quantitative estimate of drug-likeness (QED) is 0.687. The number of rotatable bonds is 1. The summed E-state index contributed by atoms with van der Waals surface area (Å²) in [6, 6.07) is 7.60. The average Bonchev–Trinajstić information content (AvgIpc) is 2.83. The molecule has 5 heteroatoms. The monoisotopic (exact) mass is 277 g/mol. The molecule has 4 nitrogen and oxygen atoms in total. The fourth-order valence-electron chi connectivity index (χ4n) is 1.52. The second-order valence-electron chi connectivity index (χ2n) is 3.49. The topological polar surface area (TPSA) is 43.3 Å². The van der Waals surface area contributed by atoms with Gasteiger partial charge in [0.2, 0.25) is 5.82 Å². The fraction of sp³-hybridized carbons (Fsp3) is 0.0909. The number of hydrogen-bond acceptors (Lipinski definition) is 3. The summed E-state index contributed by atoms with van der Waals surface area (Å²) in [7, 11) is 0. The number of hydrogen-bond donors (Lipinski definition) is 0. The zero-order chi connectivity index (χ0) is 11.1. The number of aryl methyl sites for hydroxylation is 1. The van der Waals surface area contributed by atoms with Crippen LogP contribution in [0, 0.1) is 6.92 Å². The highest BCUT2D eigenvalue weighted by Crippen LogP contribution is 2.20. The standard InChI is InChI=1S/C11H8BrN3O/c1-7-2-3-9(16-7)11-13-10-6-8(12)4-5-15(10)14-11/h2-6H,1H3. The lowest BCUT2D eigenvalue weighted by Crippen LogP contribution is -1.85. The summed E-state index contributed by atoms with van der Waals surface area (Å²) >= 11 is 3.40. The molecule has 0 saturated carbocycles. The molecular weight excluding hydrogens is 270 g/mol. The Bertz CT molecular complexity index is 656. The van der Waals surface area contributed by atoms with Crippen molar-refractivity contribution >= 4 is 21.6 Å². The molecule has 0 bridgehead atoms. The molecule has 0 saturated heterocycles. The number of aromatic nitrogens is 3. The zero-order valence-electron chi connectivity index (χ0n) is 8.51. The van der Waals surface area contributed by atoms with Gasteiger partial charge in [-0.1, -0.05) is 15.9 Å². The van der Waals surface area contributed by atoms with Crippen LogP contribution in [0.3, 0.4) is 0 Å². The largest absolute Gasteiger partial charge is 0.458 e. The predicted molar refractivity (Wildman–Crippen MR) is 63.1 cm³/mol. The van der Waals surface area contributed by atoms with Gasteiger partial charge in [0.15, 0.2) is 11.4 Å². The molecule has 0 aliphatic rings. The van der Waals surface area contributed by atoms with Crippen molar-refractivity contribution in [3.8, 4) is 11.6 Å². The minimum Gasteiger partial charge on any atom is -0.458 e. The molecule has 16 heavy (non-hydrogen) atoms. The summed E-state index contributed by atoms with van der Waals surface area (Å²) in [6.07, 6.45) is 1.85. The molecule has 0 aliphatic carbocycles. The van der Waals surface area contributed by atoms with E-state index in [2.05, 4.69) is 26.0 Å². The summed E-state index contributed by atoms with van der Waals surface area (Å²) in [5.41, 5.74) is 0.790. The highest BCUT2D eigenvalue weighted by atomic mass is 79.9. The highest BCUT2D eigenvalue weighted by molar-refractivity contribution is 9.10. The summed E-state index contributed by atoms with van der Waals surface area (Å²) in [5.74, 6) is 2.15. The number of furan rings is 1. The molecule has 0 N–H and O–H groups in total. The molecule has 3 aromatic heterocycles. The van der Waals surface area contributed by atoms with Crippen LogP contribution in [-0.2, 0) is 0 Å². The molecule has 3 heterocycles. The van der Waals surface area contributed by atoms with E-state index >= 15 is 0 Å². The minimum absolute atomic E-state index is 0.603. The molecule has 3 aromatic rings. The van der Waals surface area contributed by atoms with Crippen LogP contribution in [0.15, 0.2) is 39.4 Å². The van der Waals surface area contributed by atoms with E-state index in [1.165, 1.54) is 0 Å². The molecular formula is C11H8BrN3O. The summed E-state index contributed by atoms with van der Waals surface area (Å²) in [6.45, 7) is 1.90. The van der Waals surface area contributed by atoms with Gasteiger partial charge in [0.25, 0.3) is 0 Å². The van der Waals surface area contributed by atoms with E-state index in [9.17, 15) is 0 Å². The van der Waals surface area contributed by atoms with Gasteiger partial charge in [0.05, 0.1) is 0 Å². The van der Waals surface area contributed by atoms with E-state index < -0.39 is 0 Å². The van der Waals surface area contributed by atoms with Gasteiger partial charge in [-0.15, -0.1) is 5.10 Å². The van der Waals surface area contributed by atoms with E-state index in [1.54, 1.807) is 4.52 Å². The third-order valence-corrected chi connectivity index (χ3v) is 2.75. The Kier molecular flexibility index (Phi) is 2.07. The lowest BCUT2D eigenvalue weighted by atomic mass is 10.4. The van der Waals surface area contributed by atoms with Crippen LogP contribution >= 0.6 is 15.9 Å². The Morgan fingerprint density at radius 2 is 2.19 bits per heavy atom. The van der Waals surface area contributed by atoms with Crippen LogP contribution in [0.1, 0.15) is 5.76 Å². The Morgan fingerprint density at radius 1 is 1.31 bits per heavy atom. The van der Waals surface area contributed by atoms with Crippen molar-refractivity contribution in [3.63, 3.8) is 0 Å². The first-order chi connectivity index (χ1) is 7.72. The van der Waals surface area contributed by atoms with Crippen LogP contribution in [0.5, 0.6) is 0 Å². The number of halogens is 1. The predicted octanol–water partition coefficient (Wildman–Crippen LogP) is 3.06. The van der Waals surface area contributed by atoms with Crippen molar-refractivity contribution in [1.29, 1.82) is 0 Å². The van der Waals surface area contributed by atoms with Crippen molar-refractivity contribution in [2.75, 3.05) is 0 Å². The second-order valence-corrected chi connectivity index (χ2v) is 4.41. The highest BCUT2D eigenvalue weighted by Gasteiger charge is 2.09. The fourth-order valence-corrected chi connectivity index (χ4v) is 1.84. The first kappa shape index (κ1) is 9.59. The van der Waals surface area contributed by atoms with Crippen molar-refractivity contribution in [2.45, 2.75) is 6.92 Å². The van der Waals surface area contributed by atoms with Crippen molar-refractivity contribution in [2.24, 2.45) is 0 Å². The third kappa shape index (κ3) is 1.53. The summed E-state index contributed by atoms with van der Waals surface area (Å²) < 4.78 is 8.18. The normalized spacial score (nSPS) is 11.1. The first-order valence-electron chi connectivity index (χ1n) is 4.81. The molecule has 0 aromatic carbocycles. The van der Waals surface area contributed by atoms with Gasteiger partial charge in [-0.2, -0.15) is 0 Å². The lowest BCUT2D eigenvalue weighted by Gasteiger charge is -1.89. The maximum atomic E-state index is 5.48. The van der Waals surface area contributed by atoms with Gasteiger partial charge >= 0.3 is 0 Å². The Morgan fingerprint density at radius 3 is 2.94 bits per heavy atom. The number of fused-ring (bicyclic) bond motifs is 1. The van der Waals surface area contributed by atoms with Gasteiger partial charge in [-0.3, -0.25) is 0 Å². The average molecular weight is 278 g/mol. The van der Waals surface area contributed by atoms with Gasteiger partial charge in [0.1, 0.15) is 5.76 Å². The summed E-state index contributed by atoms with van der Waals surface area (Å²) in [4.78, 5) is 4.39. The molecule has 0 atom stereocenters. The van der Waals surface area contributed by atoms with Crippen LogP contribution < -0.4 is 0 Å². The van der Waals surface area contributed by atoms with Gasteiger partial charge in [-0.05, 0) is 31.2 Å². The van der Waals surface area contributed by atoms with Gasteiger partial charge in [-0.25, -0.2) is 9.50 Å². The van der Waals surface area contributed by atoms with E-state index in [0.717, 1.165) is 15.9 Å². The molecule has 0 spiro atoms. The second kappa shape index (κ2) is 3.45. The van der Waals surface area contributed by atoms with Crippen molar-refractivity contribution < 1.29 is 4.42 Å². The molecule has 0 unspecified atom stereocenters. The third-order valence-electron chi connectivity index (χ3n) is 2.26. The van der Waals surface area contributed by atoms with Crippen LogP contribution in [0.2, 0.25) is 0 Å². The smallest absolute Gasteiger partial charge is 0.217 e. The van der Waals surface area contributed by atoms with E-state index in [1.807, 2.05) is 37.4 Å². The van der Waals surface area contributed by atoms with Gasteiger partial charge in [0, 0.05) is 10.7 Å². The van der Waals surface area contributed by atoms with E-state index in [0.29, 0.717) is 11.6 Å². The maximum Gasteiger partial charge on any atom is 0.217 e. The molecule has 0 amide bonds. The number of nitrogens with zero attached hydrogens (tertiary/aromatic N) is 3. The molecule has 3 rings (SSSR count).